The summed E-state index contributed by atoms with van der Waals surface area (Å²) < 4.78 is 27.1. The van der Waals surface area contributed by atoms with Gasteiger partial charge in [-0.3, -0.25) is 0 Å². The molecule has 4 rings (SSSR count). The smallest absolute Gasteiger partial charge is 0.192 e. The van der Waals surface area contributed by atoms with Gasteiger partial charge in [0.25, 0.3) is 0 Å². The lowest BCUT2D eigenvalue weighted by molar-refractivity contribution is -0.192. The van der Waals surface area contributed by atoms with E-state index in [1.54, 1.807) is 0 Å². The molecular formula is C31H45BrO4Si. The number of fused-ring (bicyclic) bond motifs is 3. The summed E-state index contributed by atoms with van der Waals surface area (Å²) in [4.78, 5) is 0. The third-order valence-electron chi connectivity index (χ3n) is 8.72. The van der Waals surface area contributed by atoms with Gasteiger partial charge in [-0.1, -0.05) is 52.0 Å². The van der Waals surface area contributed by atoms with Crippen LogP contribution < -0.4 is 4.74 Å². The van der Waals surface area contributed by atoms with Gasteiger partial charge in [-0.25, -0.2) is 0 Å². The number of rotatable bonds is 8. The second kappa shape index (κ2) is 12.0. The molecule has 1 unspecified atom stereocenters. The second-order valence-corrected chi connectivity index (χ2v) is 18.1. The maximum absolute atomic E-state index is 6.99. The van der Waals surface area contributed by atoms with E-state index in [-0.39, 0.29) is 41.5 Å². The van der Waals surface area contributed by atoms with Crippen molar-refractivity contribution in [3.05, 3.63) is 40.4 Å². The average Bonchev–Trinajstić information content (AvgIpc) is 3.37. The monoisotopic (exact) mass is 588 g/mol. The van der Waals surface area contributed by atoms with Crippen LogP contribution in [0.5, 0.6) is 5.75 Å². The van der Waals surface area contributed by atoms with Crippen molar-refractivity contribution in [3.63, 3.8) is 0 Å². The number of halogens is 1. The SMILES string of the molecule is CC#CC[C@H](C)[C@@H](/C=C/[C@@H]1[C@H]2c3cccc(Br)c3O[C@H]2C[C@H]1OC1CCCCO1)O[Si](C)(C)C(C)(C)C. The molecule has 1 saturated heterocycles. The van der Waals surface area contributed by atoms with Crippen LogP contribution in [0.25, 0.3) is 0 Å². The molecule has 3 aliphatic rings. The van der Waals surface area contributed by atoms with Crippen LogP contribution in [0.1, 0.15) is 78.2 Å². The molecule has 1 aromatic carbocycles. The highest BCUT2D eigenvalue weighted by Crippen LogP contribution is 2.54. The van der Waals surface area contributed by atoms with E-state index in [1.807, 2.05) is 6.92 Å². The fourth-order valence-electron chi connectivity index (χ4n) is 5.49. The van der Waals surface area contributed by atoms with Gasteiger partial charge in [0.2, 0.25) is 0 Å². The van der Waals surface area contributed by atoms with Gasteiger partial charge in [0.1, 0.15) is 11.9 Å². The Kier molecular flexibility index (Phi) is 9.34. The predicted molar refractivity (Wildman–Crippen MR) is 156 cm³/mol. The van der Waals surface area contributed by atoms with Crippen molar-refractivity contribution in [2.24, 2.45) is 11.8 Å². The maximum Gasteiger partial charge on any atom is 0.192 e. The Balaban J connectivity index is 1.63. The van der Waals surface area contributed by atoms with Crippen LogP contribution in [-0.2, 0) is 13.9 Å². The lowest BCUT2D eigenvalue weighted by Gasteiger charge is -2.40. The molecule has 2 heterocycles. The van der Waals surface area contributed by atoms with Gasteiger partial charge in [-0.15, -0.1) is 11.8 Å². The minimum absolute atomic E-state index is 0.0108. The first-order chi connectivity index (χ1) is 17.5. The Labute approximate surface area is 234 Å². The van der Waals surface area contributed by atoms with Gasteiger partial charge in [-0.2, -0.15) is 0 Å². The molecule has 1 aliphatic carbocycles. The summed E-state index contributed by atoms with van der Waals surface area (Å²) >= 11 is 3.70. The Bertz CT molecular complexity index is 1010. The topological polar surface area (TPSA) is 36.9 Å². The van der Waals surface area contributed by atoms with Crippen molar-refractivity contribution in [3.8, 4) is 17.6 Å². The highest BCUT2D eigenvalue weighted by atomic mass is 79.9. The van der Waals surface area contributed by atoms with Gasteiger partial charge >= 0.3 is 0 Å². The second-order valence-electron chi connectivity index (χ2n) is 12.5. The molecule has 1 aromatic rings. The molecule has 0 aromatic heterocycles. The molecule has 0 N–H and O–H groups in total. The van der Waals surface area contributed by atoms with Crippen LogP contribution in [0.15, 0.2) is 34.8 Å². The molecule has 37 heavy (non-hydrogen) atoms. The zero-order valence-electron chi connectivity index (χ0n) is 23.7. The van der Waals surface area contributed by atoms with E-state index < -0.39 is 8.32 Å². The Morgan fingerprint density at radius 1 is 1.24 bits per heavy atom. The van der Waals surface area contributed by atoms with Crippen molar-refractivity contribution < 1.29 is 18.6 Å². The molecule has 0 bridgehead atoms. The zero-order chi connectivity index (χ0) is 26.8. The highest BCUT2D eigenvalue weighted by molar-refractivity contribution is 9.10. The molecule has 0 amide bonds. The lowest BCUT2D eigenvalue weighted by atomic mass is 9.87. The van der Waals surface area contributed by atoms with Crippen LogP contribution in [0, 0.1) is 23.7 Å². The van der Waals surface area contributed by atoms with E-state index in [0.717, 1.165) is 48.9 Å². The van der Waals surface area contributed by atoms with Gasteiger partial charge < -0.3 is 18.6 Å². The van der Waals surface area contributed by atoms with Gasteiger partial charge in [0.15, 0.2) is 14.6 Å². The summed E-state index contributed by atoms with van der Waals surface area (Å²) in [5, 5.41) is 0.141. The molecule has 2 aliphatic heterocycles. The number of hydrogen-bond donors (Lipinski definition) is 0. The number of ether oxygens (including phenoxy) is 3. The first-order valence-electron chi connectivity index (χ1n) is 14.0. The minimum atomic E-state index is -1.97. The fourth-order valence-corrected chi connectivity index (χ4v) is 7.31. The standard InChI is InChI=1S/C31H45BrO4Si/c1-8-9-13-21(2)25(36-37(6,7)31(3,4)5)18-17-22-26(34-28-16-10-11-19-33-28)20-27-29(22)23-14-12-15-24(32)30(23)35-27/h12,14-15,17-18,21-22,25-29H,10-11,13,16,19-20H2,1-7H3/b18-17+/t21-,22-,25+,26+,27-,28?,29-/m0/s1. The van der Waals surface area contributed by atoms with E-state index in [0.29, 0.717) is 5.92 Å². The summed E-state index contributed by atoms with van der Waals surface area (Å²) in [7, 11) is -1.97. The maximum atomic E-state index is 6.99. The molecule has 0 spiro atoms. The predicted octanol–water partition coefficient (Wildman–Crippen LogP) is 8.22. The minimum Gasteiger partial charge on any atom is -0.488 e. The van der Waals surface area contributed by atoms with Crippen LogP contribution in [-0.4, -0.2) is 39.5 Å². The molecular weight excluding hydrogens is 544 g/mol. The van der Waals surface area contributed by atoms with E-state index >= 15 is 0 Å². The van der Waals surface area contributed by atoms with Gasteiger partial charge in [0.05, 0.1) is 16.7 Å². The lowest BCUT2D eigenvalue weighted by Crippen LogP contribution is -2.45. The van der Waals surface area contributed by atoms with Crippen LogP contribution >= 0.6 is 15.9 Å². The summed E-state index contributed by atoms with van der Waals surface area (Å²) in [6.07, 6.45) is 9.70. The van der Waals surface area contributed by atoms with Crippen LogP contribution in [0.3, 0.4) is 0 Å². The van der Waals surface area contributed by atoms with Gasteiger partial charge in [0, 0.05) is 36.8 Å². The first-order valence-corrected chi connectivity index (χ1v) is 17.7. The molecule has 7 atom stereocenters. The number of benzene rings is 1. The Morgan fingerprint density at radius 2 is 2.03 bits per heavy atom. The molecule has 6 heteroatoms. The fraction of sp³-hybridized carbons (Fsp3) is 0.677. The van der Waals surface area contributed by atoms with Crippen molar-refractivity contribution >= 4 is 24.2 Å². The van der Waals surface area contributed by atoms with E-state index in [1.165, 1.54) is 5.56 Å². The quantitative estimate of drug-likeness (QED) is 0.174. The largest absolute Gasteiger partial charge is 0.488 e. The Morgan fingerprint density at radius 3 is 2.70 bits per heavy atom. The molecule has 2 fully saturated rings. The molecule has 204 valence electrons. The number of hydrogen-bond acceptors (Lipinski definition) is 4. The molecule has 0 radical (unpaired) electrons. The summed E-state index contributed by atoms with van der Waals surface area (Å²) in [6.45, 7) is 16.5. The molecule has 1 saturated carbocycles. The summed E-state index contributed by atoms with van der Waals surface area (Å²) in [5.41, 5.74) is 1.27. The van der Waals surface area contributed by atoms with Crippen LogP contribution in [0.4, 0.5) is 0 Å². The van der Waals surface area contributed by atoms with Crippen molar-refractivity contribution in [2.45, 2.75) is 115 Å². The molecule has 4 nitrogen and oxygen atoms in total. The average molecular weight is 590 g/mol. The van der Waals surface area contributed by atoms with Crippen molar-refractivity contribution in [1.82, 2.24) is 0 Å². The Hall–Kier alpha value is -1.10. The van der Waals surface area contributed by atoms with Crippen molar-refractivity contribution in [1.29, 1.82) is 0 Å². The third-order valence-corrected chi connectivity index (χ3v) is 13.8. The van der Waals surface area contributed by atoms with Crippen LogP contribution in [0.2, 0.25) is 18.1 Å². The van der Waals surface area contributed by atoms with Crippen molar-refractivity contribution in [2.75, 3.05) is 6.61 Å². The van der Waals surface area contributed by atoms with Gasteiger partial charge in [-0.05, 0) is 72.2 Å². The summed E-state index contributed by atoms with van der Waals surface area (Å²) in [5.74, 6) is 8.10. The number of para-hydroxylation sites is 1. The first kappa shape index (κ1) is 28.9. The summed E-state index contributed by atoms with van der Waals surface area (Å²) in [6, 6.07) is 6.39. The third kappa shape index (κ3) is 6.56. The van der Waals surface area contributed by atoms with E-state index in [4.69, 9.17) is 18.6 Å². The normalized spacial score (nSPS) is 29.2. The zero-order valence-corrected chi connectivity index (χ0v) is 26.3. The van der Waals surface area contributed by atoms with E-state index in [9.17, 15) is 0 Å². The highest BCUT2D eigenvalue weighted by Gasteiger charge is 2.51. The van der Waals surface area contributed by atoms with E-state index in [2.05, 4.69) is 98.9 Å².